The summed E-state index contributed by atoms with van der Waals surface area (Å²) in [6.45, 7) is 1.67. The summed E-state index contributed by atoms with van der Waals surface area (Å²) >= 11 is 0. The van der Waals surface area contributed by atoms with Crippen molar-refractivity contribution in [2.45, 2.75) is 30.6 Å². The van der Waals surface area contributed by atoms with E-state index in [9.17, 15) is 39.6 Å². The zero-order valence-electron chi connectivity index (χ0n) is 18.1. The van der Waals surface area contributed by atoms with E-state index in [1.807, 2.05) is 0 Å². The van der Waals surface area contributed by atoms with Gasteiger partial charge < -0.3 is 31.6 Å². The van der Waals surface area contributed by atoms with Gasteiger partial charge in [-0.2, -0.15) is 0 Å². The second kappa shape index (κ2) is 7.73. The average molecular weight is 462 g/mol. The highest BCUT2D eigenvalue weighted by Gasteiger charge is 2.71. The molecule has 0 saturated heterocycles. The first-order valence-corrected chi connectivity index (χ1v) is 10.1. The molecule has 7 atom stereocenters. The third kappa shape index (κ3) is 2.90. The number of aliphatic hydroxyl groups excluding tert-OH is 2. The zero-order valence-corrected chi connectivity index (χ0v) is 18.1. The first-order valence-electron chi connectivity index (χ1n) is 10.1. The molecule has 8 N–H and O–H groups in total. The van der Waals surface area contributed by atoms with Crippen LogP contribution in [0.4, 0.5) is 0 Å². The molecule has 1 amide bonds. The zero-order chi connectivity index (χ0) is 23.9. The highest BCUT2D eigenvalue weighted by Crippen LogP contribution is 2.55. The van der Waals surface area contributed by atoms with Crippen LogP contribution in [0.25, 0.3) is 5.76 Å². The van der Waals surface area contributed by atoms with Crippen molar-refractivity contribution in [2.75, 3.05) is 14.1 Å². The summed E-state index contributed by atoms with van der Waals surface area (Å²) < 4.78 is 0. The number of benzene rings is 1. The number of carbonyl (C=O) groups excluding carboxylic acids is 4. The molecule has 11 heteroatoms. The summed E-state index contributed by atoms with van der Waals surface area (Å²) in [6.07, 6.45) is -1.62. The number of carbonyl (C=O) groups is 4. The van der Waals surface area contributed by atoms with Crippen LogP contribution >= 0.6 is 0 Å². The fourth-order valence-electron chi connectivity index (χ4n) is 5.72. The van der Waals surface area contributed by atoms with E-state index in [0.29, 0.717) is 5.56 Å². The molecule has 1 aromatic carbocycles. The van der Waals surface area contributed by atoms with Crippen molar-refractivity contribution >= 4 is 29.0 Å². The predicted molar refractivity (Wildman–Crippen MR) is 113 cm³/mol. The van der Waals surface area contributed by atoms with Crippen molar-refractivity contribution in [3.05, 3.63) is 34.9 Å². The summed E-state index contributed by atoms with van der Waals surface area (Å²) in [5, 5.41) is 44.1. The summed E-state index contributed by atoms with van der Waals surface area (Å²) in [5.74, 6) is -11.2. The second-order valence-corrected chi connectivity index (χ2v) is 8.94. The van der Waals surface area contributed by atoms with Crippen LogP contribution in [0.3, 0.4) is 0 Å². The van der Waals surface area contributed by atoms with Gasteiger partial charge in [-0.3, -0.25) is 24.1 Å². The van der Waals surface area contributed by atoms with Gasteiger partial charge in [0.05, 0.1) is 23.6 Å². The van der Waals surface area contributed by atoms with Gasteiger partial charge in [0.2, 0.25) is 11.7 Å². The van der Waals surface area contributed by atoms with Crippen LogP contribution in [-0.2, 0) is 19.2 Å². The Kier molecular flexibility index (Phi) is 5.75. The smallest absolute Gasteiger partial charge is 0.235 e. The number of hydrogen-bond acceptors (Lipinski definition) is 9. The first kappa shape index (κ1) is 24.5. The van der Waals surface area contributed by atoms with Crippen molar-refractivity contribution in [3.8, 4) is 5.75 Å². The topological polar surface area (TPSA) is 210 Å². The first-order chi connectivity index (χ1) is 14.9. The minimum atomic E-state index is -2.97. The molecule has 33 heavy (non-hydrogen) atoms. The van der Waals surface area contributed by atoms with Gasteiger partial charge in [-0.15, -0.1) is 0 Å². The number of ketones is 3. The number of aliphatic hydroxyl groups is 3. The van der Waals surface area contributed by atoms with E-state index >= 15 is 0 Å². The normalized spacial score (nSPS) is 35.5. The Morgan fingerprint density at radius 2 is 1.76 bits per heavy atom. The Morgan fingerprint density at radius 1 is 1.15 bits per heavy atom. The van der Waals surface area contributed by atoms with Crippen molar-refractivity contribution < 1.29 is 45.1 Å². The minimum Gasteiger partial charge on any atom is -0.507 e. The number of hydrogen-bond donors (Lipinski definition) is 5. The highest BCUT2D eigenvalue weighted by molar-refractivity contribution is 6.32. The Labute approximate surface area is 188 Å². The van der Waals surface area contributed by atoms with Crippen LogP contribution in [0.1, 0.15) is 24.0 Å². The second-order valence-electron chi connectivity index (χ2n) is 8.94. The molecule has 2 saturated carbocycles. The molecular formula is C22H26N2O9. The monoisotopic (exact) mass is 462 g/mol. The number of phenolic OH excluding ortho intramolecular Hbond substituents is 1. The van der Waals surface area contributed by atoms with Crippen LogP contribution < -0.4 is 5.73 Å². The van der Waals surface area contributed by atoms with Gasteiger partial charge >= 0.3 is 0 Å². The van der Waals surface area contributed by atoms with Gasteiger partial charge in [-0.25, -0.2) is 0 Å². The fourth-order valence-corrected chi connectivity index (χ4v) is 5.72. The maximum atomic E-state index is 13.6. The SMILES string of the molecule is C[C@H]1c2cccc(O)c2C(O)=C2C(=O)[C@]3(O)C(=O)C(C(N)=O)C(=O)[C@@H](N(C)C)[C@@H]3[C@@H](O)[C@@H]21.O. The van der Waals surface area contributed by atoms with E-state index in [2.05, 4.69) is 0 Å². The van der Waals surface area contributed by atoms with Crippen LogP contribution in [0.15, 0.2) is 23.8 Å². The molecule has 0 heterocycles. The number of fused-ring (bicyclic) bond motifs is 3. The van der Waals surface area contributed by atoms with Crippen LogP contribution in [0, 0.1) is 17.8 Å². The number of Topliss-reactive ketones (excluding diaryl/α,β-unsaturated/α-hetero) is 3. The summed E-state index contributed by atoms with van der Waals surface area (Å²) in [4.78, 5) is 53.1. The van der Waals surface area contributed by atoms with Gasteiger partial charge in [0.15, 0.2) is 23.1 Å². The Balaban J connectivity index is 0.00000306. The number of aromatic hydroxyl groups is 1. The summed E-state index contributed by atoms with van der Waals surface area (Å²) in [7, 11) is 2.91. The number of primary amides is 1. The van der Waals surface area contributed by atoms with Crippen molar-refractivity contribution in [3.63, 3.8) is 0 Å². The molecule has 11 nitrogen and oxygen atoms in total. The maximum Gasteiger partial charge on any atom is 0.235 e. The molecule has 0 spiro atoms. The molecule has 4 rings (SSSR count). The van der Waals surface area contributed by atoms with Crippen LogP contribution in [-0.4, -0.2) is 85.9 Å². The lowest BCUT2D eigenvalue weighted by Crippen LogP contribution is -2.75. The number of likely N-dealkylation sites (N-methyl/N-ethyl adjacent to an activating group) is 1. The average Bonchev–Trinajstić information content (AvgIpc) is 2.70. The molecule has 2 fully saturated rings. The molecule has 1 aromatic rings. The van der Waals surface area contributed by atoms with Crippen molar-refractivity contribution in [1.29, 1.82) is 0 Å². The van der Waals surface area contributed by atoms with Gasteiger partial charge in [0, 0.05) is 11.5 Å². The number of nitrogens with two attached hydrogens (primary N) is 1. The highest BCUT2D eigenvalue weighted by atomic mass is 16.3. The fraction of sp³-hybridized carbons (Fsp3) is 0.455. The third-order valence-electron chi connectivity index (χ3n) is 7.13. The lowest BCUT2D eigenvalue weighted by Gasteiger charge is -2.54. The lowest BCUT2D eigenvalue weighted by molar-refractivity contribution is -0.187. The lowest BCUT2D eigenvalue weighted by atomic mass is 9.52. The standard InChI is InChI=1S/C22H24N2O8.H2O/c1-7-8-5-4-6-9(25)11(8)16(26)12-10(7)17(27)14-15(24(2)3)18(28)13(21(23)31)20(30)22(14,32)19(12)29;/h4-7,10,13-15,17,25-27,32H,1-3H3,(H2,23,31);1H2/t7-,10+,13?,14+,15-,17-,22-;/m0./s1. The number of nitrogens with zero attached hydrogens (tertiary/aromatic N) is 1. The Morgan fingerprint density at radius 3 is 2.30 bits per heavy atom. The van der Waals surface area contributed by atoms with Crippen molar-refractivity contribution in [2.24, 2.45) is 23.5 Å². The molecule has 0 aromatic heterocycles. The van der Waals surface area contributed by atoms with E-state index in [0.717, 1.165) is 0 Å². The van der Waals surface area contributed by atoms with E-state index in [-0.39, 0.29) is 16.8 Å². The van der Waals surface area contributed by atoms with Gasteiger partial charge in [-0.05, 0) is 31.6 Å². The molecule has 3 aliphatic rings. The summed E-state index contributed by atoms with van der Waals surface area (Å²) in [6, 6.07) is 3.11. The van der Waals surface area contributed by atoms with Crippen LogP contribution in [0.5, 0.6) is 5.75 Å². The minimum absolute atomic E-state index is 0. The van der Waals surface area contributed by atoms with E-state index in [1.54, 1.807) is 19.1 Å². The quantitative estimate of drug-likeness (QED) is 0.309. The van der Waals surface area contributed by atoms with Crippen LogP contribution in [0.2, 0.25) is 0 Å². The van der Waals surface area contributed by atoms with Gasteiger partial charge in [-0.1, -0.05) is 19.1 Å². The molecule has 0 bridgehead atoms. The van der Waals surface area contributed by atoms with E-state index in [1.165, 1.54) is 25.1 Å². The molecule has 178 valence electrons. The largest absolute Gasteiger partial charge is 0.507 e. The Bertz CT molecular complexity index is 1110. The number of amides is 1. The van der Waals surface area contributed by atoms with E-state index in [4.69, 9.17) is 5.73 Å². The van der Waals surface area contributed by atoms with Gasteiger partial charge in [0.25, 0.3) is 0 Å². The molecule has 3 aliphatic carbocycles. The summed E-state index contributed by atoms with van der Waals surface area (Å²) in [5.41, 5.74) is 2.28. The third-order valence-corrected chi connectivity index (χ3v) is 7.13. The predicted octanol–water partition coefficient (Wildman–Crippen LogP) is -1.96. The van der Waals surface area contributed by atoms with Gasteiger partial charge in [0.1, 0.15) is 11.5 Å². The molecule has 0 radical (unpaired) electrons. The Hall–Kier alpha value is -3.12. The maximum absolute atomic E-state index is 13.6. The van der Waals surface area contributed by atoms with Crippen molar-refractivity contribution in [1.82, 2.24) is 4.90 Å². The number of phenols is 1. The molecule has 1 unspecified atom stereocenters. The van der Waals surface area contributed by atoms with E-state index < -0.39 is 76.0 Å². The number of rotatable bonds is 2. The molecule has 0 aliphatic heterocycles. The molecular weight excluding hydrogens is 436 g/mol.